The predicted octanol–water partition coefficient (Wildman–Crippen LogP) is 3.47. The van der Waals surface area contributed by atoms with Gasteiger partial charge in [0.05, 0.1) is 11.3 Å². The van der Waals surface area contributed by atoms with Crippen LogP contribution < -0.4 is 10.5 Å². The molecule has 1 aromatic carbocycles. The van der Waals surface area contributed by atoms with Crippen molar-refractivity contribution in [2.75, 3.05) is 5.73 Å². The van der Waals surface area contributed by atoms with E-state index >= 15 is 0 Å². The normalized spacial score (nSPS) is 17.2. The molecule has 2 aromatic heterocycles. The van der Waals surface area contributed by atoms with Gasteiger partial charge in [-0.25, -0.2) is 9.97 Å². The molecule has 1 aliphatic heterocycles. The summed E-state index contributed by atoms with van der Waals surface area (Å²) in [5, 5.41) is 4.32. The number of nitrogens with two attached hydrogens (primary N) is 1. The minimum atomic E-state index is -4.85. The third kappa shape index (κ3) is 3.55. The summed E-state index contributed by atoms with van der Waals surface area (Å²) in [7, 11) is 1.73. The fourth-order valence-corrected chi connectivity index (χ4v) is 3.73. The highest BCUT2D eigenvalue weighted by Crippen LogP contribution is 2.44. The molecular weight excluding hydrogens is 425 g/mol. The highest BCUT2D eigenvalue weighted by Gasteiger charge is 2.45. The molecule has 0 saturated heterocycles. The number of para-hydroxylation sites is 1. The average Bonchev–Trinajstić information content (AvgIpc) is 3.39. The lowest BCUT2D eigenvalue weighted by Gasteiger charge is -2.18. The number of benzene rings is 1. The first-order chi connectivity index (χ1) is 15.2. The van der Waals surface area contributed by atoms with Crippen LogP contribution in [-0.2, 0) is 7.05 Å². The van der Waals surface area contributed by atoms with Crippen molar-refractivity contribution >= 4 is 23.6 Å². The van der Waals surface area contributed by atoms with Crippen molar-refractivity contribution in [1.29, 1.82) is 0 Å². The first kappa shape index (κ1) is 20.0. The number of carbonyl (C=O) groups excluding carboxylic acids is 1. The summed E-state index contributed by atoms with van der Waals surface area (Å²) in [5.74, 6) is -0.777. The monoisotopic (exact) mass is 442 g/mol. The number of ether oxygens (including phenoxy) is 1. The maximum atomic E-state index is 13.4. The highest BCUT2D eigenvalue weighted by molar-refractivity contribution is 6.14. The summed E-state index contributed by atoms with van der Waals surface area (Å²) in [6.07, 6.45) is -0.122. The Bertz CT molecular complexity index is 1260. The van der Waals surface area contributed by atoms with Crippen LogP contribution in [0.5, 0.6) is 5.75 Å². The number of hydrogen-bond donors (Lipinski definition) is 1. The second kappa shape index (κ2) is 7.08. The zero-order valence-electron chi connectivity index (χ0n) is 16.8. The molecule has 2 aliphatic rings. The number of nitrogens with zero attached hydrogens (tertiary/aromatic N) is 5. The number of nitrogen functional groups attached to an aromatic ring is 1. The summed E-state index contributed by atoms with van der Waals surface area (Å²) < 4.78 is 44.4. The lowest BCUT2D eigenvalue weighted by atomic mass is 10.1. The topological polar surface area (TPSA) is 99.2 Å². The first-order valence-electron chi connectivity index (χ1n) is 9.79. The summed E-state index contributed by atoms with van der Waals surface area (Å²) >= 11 is 0. The molecule has 0 atom stereocenters. The van der Waals surface area contributed by atoms with E-state index in [-0.39, 0.29) is 46.2 Å². The molecule has 1 saturated carbocycles. The van der Waals surface area contributed by atoms with E-state index in [0.29, 0.717) is 11.4 Å². The summed E-state index contributed by atoms with van der Waals surface area (Å²) in [6, 6.07) is 7.34. The number of rotatable bonds is 4. The number of hydrogen-bond acceptors (Lipinski definition) is 6. The molecule has 0 radical (unpaired) electrons. The molecule has 1 fully saturated rings. The zero-order chi connectivity index (χ0) is 22.6. The molecule has 8 nitrogen and oxygen atoms in total. The van der Waals surface area contributed by atoms with E-state index in [4.69, 9.17) is 5.73 Å². The summed E-state index contributed by atoms with van der Waals surface area (Å²) in [4.78, 5) is 23.5. The molecule has 0 bridgehead atoms. The van der Waals surface area contributed by atoms with Crippen molar-refractivity contribution in [1.82, 2.24) is 24.6 Å². The fraction of sp³-hybridized carbons (Fsp3) is 0.238. The van der Waals surface area contributed by atoms with Crippen LogP contribution >= 0.6 is 0 Å². The van der Waals surface area contributed by atoms with Crippen LogP contribution in [0.1, 0.15) is 34.5 Å². The number of carbonyl (C=O) groups is 1. The highest BCUT2D eigenvalue weighted by atomic mass is 19.4. The Morgan fingerprint density at radius 3 is 2.53 bits per heavy atom. The number of alkyl halides is 3. The lowest BCUT2D eigenvalue weighted by molar-refractivity contribution is -0.274. The summed E-state index contributed by atoms with van der Waals surface area (Å²) in [6.45, 7) is 0. The number of aromatic nitrogens is 4. The standard InChI is InChI=1S/C21H17F3N6O2/c1-29-9-8-13(28-29)17-16-18(27-20(25)26-17)14(30(19(16)31)12-6-7-12)10-11-4-2-3-5-15(11)32-21(22,23)24/h2-5,8-10,12H,6-7H2,1H3,(H2,25,26,27). The van der Waals surface area contributed by atoms with E-state index in [0.717, 1.165) is 12.8 Å². The maximum Gasteiger partial charge on any atom is 0.573 e. The molecule has 1 amide bonds. The number of halogens is 3. The Morgan fingerprint density at radius 2 is 1.88 bits per heavy atom. The molecule has 0 spiro atoms. The molecule has 11 heteroatoms. The largest absolute Gasteiger partial charge is 0.573 e. The zero-order valence-corrected chi connectivity index (χ0v) is 16.8. The van der Waals surface area contributed by atoms with Crippen LogP contribution in [-0.4, -0.2) is 43.0 Å². The van der Waals surface area contributed by atoms with E-state index in [1.54, 1.807) is 35.0 Å². The predicted molar refractivity (Wildman–Crippen MR) is 109 cm³/mol. The third-order valence-corrected chi connectivity index (χ3v) is 5.17. The van der Waals surface area contributed by atoms with Crippen molar-refractivity contribution in [3.63, 3.8) is 0 Å². The number of fused-ring (bicyclic) bond motifs is 1. The number of aryl methyl sites for hydroxylation is 1. The van der Waals surface area contributed by atoms with Crippen LogP contribution in [0.25, 0.3) is 23.2 Å². The number of anilines is 1. The lowest BCUT2D eigenvalue weighted by Crippen LogP contribution is -2.25. The van der Waals surface area contributed by atoms with Gasteiger partial charge in [-0.3, -0.25) is 9.48 Å². The van der Waals surface area contributed by atoms with E-state index in [1.165, 1.54) is 24.3 Å². The van der Waals surface area contributed by atoms with Gasteiger partial charge in [-0.15, -0.1) is 13.2 Å². The molecule has 164 valence electrons. The van der Waals surface area contributed by atoms with Gasteiger partial charge in [0.1, 0.15) is 22.8 Å². The molecule has 2 N–H and O–H groups in total. The second-order valence-electron chi connectivity index (χ2n) is 7.55. The Balaban J connectivity index is 1.70. The molecule has 3 aromatic rings. The fourth-order valence-electron chi connectivity index (χ4n) is 3.73. The smallest absolute Gasteiger partial charge is 0.405 e. The van der Waals surface area contributed by atoms with Crippen molar-refractivity contribution in [3.8, 4) is 17.1 Å². The minimum Gasteiger partial charge on any atom is -0.405 e. The van der Waals surface area contributed by atoms with Crippen molar-refractivity contribution in [2.24, 2.45) is 7.05 Å². The van der Waals surface area contributed by atoms with Gasteiger partial charge < -0.3 is 15.4 Å². The van der Waals surface area contributed by atoms with Gasteiger partial charge in [0.2, 0.25) is 5.95 Å². The van der Waals surface area contributed by atoms with Crippen LogP contribution in [0.3, 0.4) is 0 Å². The Hall–Kier alpha value is -3.89. The average molecular weight is 442 g/mol. The van der Waals surface area contributed by atoms with E-state index in [1.807, 2.05) is 0 Å². The van der Waals surface area contributed by atoms with E-state index < -0.39 is 6.36 Å². The summed E-state index contributed by atoms with van der Waals surface area (Å²) in [5.41, 5.74) is 7.67. The Kier molecular flexibility index (Phi) is 4.43. The molecule has 3 heterocycles. The van der Waals surface area contributed by atoms with Crippen LogP contribution in [0.4, 0.5) is 19.1 Å². The minimum absolute atomic E-state index is 0.0689. The maximum absolute atomic E-state index is 13.4. The van der Waals surface area contributed by atoms with Gasteiger partial charge >= 0.3 is 6.36 Å². The van der Waals surface area contributed by atoms with Gasteiger partial charge in [0.15, 0.2) is 0 Å². The third-order valence-electron chi connectivity index (χ3n) is 5.17. The van der Waals surface area contributed by atoms with E-state index in [9.17, 15) is 18.0 Å². The van der Waals surface area contributed by atoms with Crippen LogP contribution in [0.15, 0.2) is 36.5 Å². The SMILES string of the molecule is Cn1ccc(-c2nc(N)nc3c2C(=O)N(C2CC2)C3=Cc2ccccc2OC(F)(F)F)n1. The van der Waals surface area contributed by atoms with Crippen LogP contribution in [0.2, 0.25) is 0 Å². The Morgan fingerprint density at radius 1 is 1.16 bits per heavy atom. The Labute approximate surface area is 180 Å². The molecule has 1 aliphatic carbocycles. The second-order valence-corrected chi connectivity index (χ2v) is 7.55. The van der Waals surface area contributed by atoms with Crippen molar-refractivity contribution in [2.45, 2.75) is 25.2 Å². The van der Waals surface area contributed by atoms with Gasteiger partial charge in [0.25, 0.3) is 5.91 Å². The quantitative estimate of drug-likeness (QED) is 0.664. The van der Waals surface area contributed by atoms with Gasteiger partial charge in [-0.1, -0.05) is 18.2 Å². The molecule has 5 rings (SSSR count). The first-order valence-corrected chi connectivity index (χ1v) is 9.79. The molecular formula is C21H17F3N6O2. The van der Waals surface area contributed by atoms with Gasteiger partial charge in [0, 0.05) is 24.8 Å². The van der Waals surface area contributed by atoms with Crippen molar-refractivity contribution in [3.05, 3.63) is 53.3 Å². The van der Waals surface area contributed by atoms with Gasteiger partial charge in [-0.2, -0.15) is 5.10 Å². The molecule has 32 heavy (non-hydrogen) atoms. The van der Waals surface area contributed by atoms with Crippen molar-refractivity contribution < 1.29 is 22.7 Å². The van der Waals surface area contributed by atoms with E-state index in [2.05, 4.69) is 19.8 Å². The number of amides is 1. The van der Waals surface area contributed by atoms with Crippen LogP contribution in [0, 0.1) is 0 Å². The van der Waals surface area contributed by atoms with Gasteiger partial charge in [-0.05, 0) is 31.1 Å². The molecule has 0 unspecified atom stereocenters.